The highest BCUT2D eigenvalue weighted by Crippen LogP contribution is 2.24. The molecule has 20 heavy (non-hydrogen) atoms. The van der Waals surface area contributed by atoms with Crippen molar-refractivity contribution in [3.63, 3.8) is 0 Å². The maximum absolute atomic E-state index is 12.3. The van der Waals surface area contributed by atoms with Crippen LogP contribution in [0.2, 0.25) is 0 Å². The van der Waals surface area contributed by atoms with Crippen LogP contribution in [0.15, 0.2) is 24.3 Å². The maximum atomic E-state index is 12.3. The predicted octanol–water partition coefficient (Wildman–Crippen LogP) is 2.53. The van der Waals surface area contributed by atoms with Gasteiger partial charge in [-0.1, -0.05) is 26.0 Å². The number of amides is 2. The fourth-order valence-corrected chi connectivity index (χ4v) is 1.85. The highest BCUT2D eigenvalue weighted by Gasteiger charge is 2.23. The highest BCUT2D eigenvalue weighted by molar-refractivity contribution is 5.91. The molecule has 112 valence electrons. The van der Waals surface area contributed by atoms with Gasteiger partial charge in [-0.3, -0.25) is 0 Å². The molecule has 0 saturated carbocycles. The number of carbonyl (C=O) groups is 1. The van der Waals surface area contributed by atoms with E-state index in [0.717, 1.165) is 0 Å². The summed E-state index contributed by atoms with van der Waals surface area (Å²) >= 11 is 0. The summed E-state index contributed by atoms with van der Waals surface area (Å²) in [4.78, 5) is 14.1. The minimum absolute atomic E-state index is 0.103. The van der Waals surface area contributed by atoms with Crippen molar-refractivity contribution in [3.05, 3.63) is 24.3 Å². The lowest BCUT2D eigenvalue weighted by Crippen LogP contribution is -2.43. The Morgan fingerprint density at radius 2 is 2.05 bits per heavy atom. The number of benzene rings is 1. The number of nitrogens with zero attached hydrogens (tertiary/aromatic N) is 1. The highest BCUT2D eigenvalue weighted by atomic mass is 16.5. The van der Waals surface area contributed by atoms with Crippen LogP contribution in [0.1, 0.15) is 20.8 Å². The number of hydrogen-bond acceptors (Lipinski definition) is 3. The van der Waals surface area contributed by atoms with Crippen molar-refractivity contribution in [2.24, 2.45) is 11.1 Å². The van der Waals surface area contributed by atoms with Gasteiger partial charge in [-0.2, -0.15) is 0 Å². The van der Waals surface area contributed by atoms with Crippen molar-refractivity contribution in [1.82, 2.24) is 4.90 Å². The number of anilines is 1. The quantitative estimate of drug-likeness (QED) is 0.841. The molecule has 0 aromatic heterocycles. The van der Waals surface area contributed by atoms with Crippen molar-refractivity contribution < 1.29 is 9.53 Å². The van der Waals surface area contributed by atoms with Crippen LogP contribution >= 0.6 is 0 Å². The van der Waals surface area contributed by atoms with Crippen LogP contribution in [0, 0.1) is 5.41 Å². The first kappa shape index (κ1) is 16.3. The Kier molecular flexibility index (Phi) is 5.82. The fourth-order valence-electron chi connectivity index (χ4n) is 1.85. The third-order valence-electron chi connectivity index (χ3n) is 3.19. The molecule has 5 nitrogen and oxygen atoms in total. The van der Waals surface area contributed by atoms with Crippen molar-refractivity contribution in [2.45, 2.75) is 20.8 Å². The zero-order valence-electron chi connectivity index (χ0n) is 12.8. The Hall–Kier alpha value is -1.75. The molecule has 2 amide bonds. The van der Waals surface area contributed by atoms with Crippen molar-refractivity contribution in [2.75, 3.05) is 32.1 Å². The number of ether oxygens (including phenoxy) is 1. The lowest BCUT2D eigenvalue weighted by molar-refractivity contribution is 0.185. The molecule has 0 heterocycles. The molecule has 0 aliphatic rings. The molecule has 0 bridgehead atoms. The van der Waals surface area contributed by atoms with Gasteiger partial charge in [0.2, 0.25) is 0 Å². The first-order valence-corrected chi connectivity index (χ1v) is 6.82. The molecule has 0 spiro atoms. The molecule has 0 unspecified atom stereocenters. The maximum Gasteiger partial charge on any atom is 0.321 e. The summed E-state index contributed by atoms with van der Waals surface area (Å²) < 4.78 is 5.23. The van der Waals surface area contributed by atoms with E-state index in [9.17, 15) is 4.79 Å². The fraction of sp³-hybridized carbons (Fsp3) is 0.533. The van der Waals surface area contributed by atoms with Crippen molar-refractivity contribution >= 4 is 11.7 Å². The zero-order chi connectivity index (χ0) is 15.2. The van der Waals surface area contributed by atoms with E-state index in [4.69, 9.17) is 10.5 Å². The Morgan fingerprint density at radius 3 is 2.60 bits per heavy atom. The lowest BCUT2D eigenvalue weighted by atomic mass is 9.93. The van der Waals surface area contributed by atoms with Gasteiger partial charge in [0.1, 0.15) is 5.75 Å². The van der Waals surface area contributed by atoms with Gasteiger partial charge in [0, 0.05) is 13.1 Å². The molecule has 0 radical (unpaired) electrons. The largest absolute Gasteiger partial charge is 0.495 e. The van der Waals surface area contributed by atoms with E-state index in [-0.39, 0.29) is 11.4 Å². The first-order valence-electron chi connectivity index (χ1n) is 6.82. The molecule has 0 saturated heterocycles. The van der Waals surface area contributed by atoms with E-state index in [0.29, 0.717) is 31.1 Å². The van der Waals surface area contributed by atoms with Gasteiger partial charge < -0.3 is 20.7 Å². The molecule has 0 aliphatic carbocycles. The van der Waals surface area contributed by atoms with E-state index in [1.54, 1.807) is 12.0 Å². The second-order valence-corrected chi connectivity index (χ2v) is 5.51. The molecule has 1 aromatic carbocycles. The van der Waals surface area contributed by atoms with Crippen LogP contribution in [-0.2, 0) is 0 Å². The molecule has 0 fully saturated rings. The van der Waals surface area contributed by atoms with Crippen molar-refractivity contribution in [3.8, 4) is 5.75 Å². The third-order valence-corrected chi connectivity index (χ3v) is 3.19. The molecular weight excluding hydrogens is 254 g/mol. The lowest BCUT2D eigenvalue weighted by Gasteiger charge is -2.31. The summed E-state index contributed by atoms with van der Waals surface area (Å²) in [6, 6.07) is 7.22. The SMILES string of the molecule is CCN(CC(C)(C)CN)C(=O)Nc1ccccc1OC. The van der Waals surface area contributed by atoms with E-state index in [2.05, 4.69) is 5.32 Å². The van der Waals surface area contributed by atoms with Gasteiger partial charge in [0.25, 0.3) is 0 Å². The summed E-state index contributed by atoms with van der Waals surface area (Å²) in [5.74, 6) is 0.648. The van der Waals surface area contributed by atoms with Gasteiger partial charge in [-0.15, -0.1) is 0 Å². The molecule has 5 heteroatoms. The number of para-hydroxylation sites is 2. The number of rotatable bonds is 6. The summed E-state index contributed by atoms with van der Waals surface area (Å²) in [5.41, 5.74) is 6.30. The predicted molar refractivity (Wildman–Crippen MR) is 82.1 cm³/mol. The summed E-state index contributed by atoms with van der Waals surface area (Å²) in [6.07, 6.45) is 0. The standard InChI is InChI=1S/C15H25N3O2/c1-5-18(11-15(2,3)10-16)14(19)17-12-8-6-7-9-13(12)20-4/h6-9H,5,10-11,16H2,1-4H3,(H,17,19). The van der Waals surface area contributed by atoms with E-state index >= 15 is 0 Å². The van der Waals surface area contributed by atoms with Crippen LogP contribution in [-0.4, -0.2) is 37.7 Å². The molecule has 3 N–H and O–H groups in total. The third kappa shape index (κ3) is 4.42. The molecule has 1 rings (SSSR count). The Bertz CT molecular complexity index is 446. The number of carbonyl (C=O) groups excluding carboxylic acids is 1. The molecule has 1 aromatic rings. The van der Waals surface area contributed by atoms with E-state index < -0.39 is 0 Å². The number of methoxy groups -OCH3 is 1. The summed E-state index contributed by atoms with van der Waals surface area (Å²) in [7, 11) is 1.58. The van der Waals surface area contributed by atoms with Gasteiger partial charge in [-0.25, -0.2) is 4.79 Å². The van der Waals surface area contributed by atoms with Gasteiger partial charge in [0.05, 0.1) is 12.8 Å². The zero-order valence-corrected chi connectivity index (χ0v) is 12.8. The monoisotopic (exact) mass is 279 g/mol. The minimum atomic E-state index is -0.140. The Balaban J connectivity index is 2.77. The number of urea groups is 1. The van der Waals surface area contributed by atoms with Crippen LogP contribution < -0.4 is 15.8 Å². The van der Waals surface area contributed by atoms with Gasteiger partial charge in [-0.05, 0) is 31.0 Å². The average Bonchev–Trinajstić information content (AvgIpc) is 2.45. The Labute approximate surface area is 121 Å². The first-order chi connectivity index (χ1) is 9.43. The smallest absolute Gasteiger partial charge is 0.321 e. The van der Waals surface area contributed by atoms with Gasteiger partial charge >= 0.3 is 6.03 Å². The Morgan fingerprint density at radius 1 is 1.40 bits per heavy atom. The molecule has 0 aliphatic heterocycles. The topological polar surface area (TPSA) is 67.6 Å². The summed E-state index contributed by atoms with van der Waals surface area (Å²) in [6.45, 7) is 7.82. The van der Waals surface area contributed by atoms with Gasteiger partial charge in [0.15, 0.2) is 0 Å². The summed E-state index contributed by atoms with van der Waals surface area (Å²) in [5, 5.41) is 2.88. The van der Waals surface area contributed by atoms with Crippen LogP contribution in [0.3, 0.4) is 0 Å². The van der Waals surface area contributed by atoms with Crippen LogP contribution in [0.5, 0.6) is 5.75 Å². The average molecular weight is 279 g/mol. The van der Waals surface area contributed by atoms with E-state index in [1.165, 1.54) is 0 Å². The van der Waals surface area contributed by atoms with Crippen molar-refractivity contribution in [1.29, 1.82) is 0 Å². The second-order valence-electron chi connectivity index (χ2n) is 5.51. The molecule has 0 atom stereocenters. The number of hydrogen-bond donors (Lipinski definition) is 2. The number of nitrogens with two attached hydrogens (primary N) is 1. The minimum Gasteiger partial charge on any atom is -0.495 e. The van der Waals surface area contributed by atoms with E-state index in [1.807, 2.05) is 45.0 Å². The molecular formula is C15H25N3O2. The second kappa shape index (κ2) is 7.14. The van der Waals surface area contributed by atoms with Crippen LogP contribution in [0.25, 0.3) is 0 Å². The van der Waals surface area contributed by atoms with Crippen LogP contribution in [0.4, 0.5) is 10.5 Å². The normalized spacial score (nSPS) is 11.1. The number of nitrogens with one attached hydrogen (secondary N) is 1.